The van der Waals surface area contributed by atoms with Gasteiger partial charge >= 0.3 is 0 Å². The van der Waals surface area contributed by atoms with Gasteiger partial charge in [-0.25, -0.2) is 0 Å². The molecule has 0 heterocycles. The molecule has 0 aliphatic heterocycles. The van der Waals surface area contributed by atoms with Gasteiger partial charge in [0.25, 0.3) is 0 Å². The van der Waals surface area contributed by atoms with E-state index in [1.165, 1.54) is 21.9 Å². The van der Waals surface area contributed by atoms with Gasteiger partial charge in [0.15, 0.2) is 0 Å². The quantitative estimate of drug-likeness (QED) is 0.708. The average molecular weight is 212 g/mol. The first-order valence-corrected chi connectivity index (χ1v) is 5.79. The number of carbonyl (C=O) groups is 1. The molecule has 1 heteroatoms. The summed E-state index contributed by atoms with van der Waals surface area (Å²) >= 11 is 0. The first kappa shape index (κ1) is 10.9. The van der Waals surface area contributed by atoms with Gasteiger partial charge in [-0.05, 0) is 40.8 Å². The van der Waals surface area contributed by atoms with Gasteiger partial charge in [0.1, 0.15) is 6.29 Å². The summed E-state index contributed by atoms with van der Waals surface area (Å²) < 4.78 is 0. The lowest BCUT2D eigenvalue weighted by Gasteiger charge is -2.10. The molecule has 0 atom stereocenters. The summed E-state index contributed by atoms with van der Waals surface area (Å²) in [4.78, 5) is 10.8. The molecule has 0 amide bonds. The Bertz CT molecular complexity index is 526. The van der Waals surface area contributed by atoms with Gasteiger partial charge < -0.3 is 0 Å². The van der Waals surface area contributed by atoms with E-state index in [-0.39, 0.29) is 0 Å². The Morgan fingerprint density at radius 3 is 2.44 bits per heavy atom. The van der Waals surface area contributed by atoms with Gasteiger partial charge in [-0.2, -0.15) is 0 Å². The van der Waals surface area contributed by atoms with E-state index in [1.54, 1.807) is 0 Å². The van der Waals surface area contributed by atoms with Crippen LogP contribution in [0.2, 0.25) is 0 Å². The number of hydrogen-bond acceptors (Lipinski definition) is 1. The van der Waals surface area contributed by atoms with Crippen LogP contribution in [-0.2, 0) is 12.8 Å². The van der Waals surface area contributed by atoms with Gasteiger partial charge in [-0.1, -0.05) is 38.1 Å². The van der Waals surface area contributed by atoms with Crippen molar-refractivity contribution in [3.05, 3.63) is 47.0 Å². The number of aldehydes is 1. The standard InChI is InChI=1S/C15H16O/c1-3-12-7-8-13-6-5-11(10-16)9-15(13)14(12)4-2/h5-10H,3-4H2,1-2H3. The number of benzene rings is 2. The molecule has 0 radical (unpaired) electrons. The highest BCUT2D eigenvalue weighted by Crippen LogP contribution is 2.24. The van der Waals surface area contributed by atoms with E-state index in [4.69, 9.17) is 0 Å². The molecule has 16 heavy (non-hydrogen) atoms. The van der Waals surface area contributed by atoms with Gasteiger partial charge in [-0.3, -0.25) is 4.79 Å². The predicted octanol–water partition coefficient (Wildman–Crippen LogP) is 3.78. The Kier molecular flexibility index (Phi) is 3.04. The fourth-order valence-corrected chi connectivity index (χ4v) is 2.27. The van der Waals surface area contributed by atoms with Crippen molar-refractivity contribution in [3.63, 3.8) is 0 Å². The molecule has 2 aromatic carbocycles. The van der Waals surface area contributed by atoms with Crippen molar-refractivity contribution in [2.75, 3.05) is 0 Å². The van der Waals surface area contributed by atoms with Gasteiger partial charge in [0.2, 0.25) is 0 Å². The van der Waals surface area contributed by atoms with Crippen LogP contribution in [0.15, 0.2) is 30.3 Å². The zero-order valence-corrected chi connectivity index (χ0v) is 9.79. The Hall–Kier alpha value is -1.63. The van der Waals surface area contributed by atoms with Crippen LogP contribution < -0.4 is 0 Å². The van der Waals surface area contributed by atoms with E-state index in [2.05, 4.69) is 26.0 Å². The summed E-state index contributed by atoms with van der Waals surface area (Å²) in [7, 11) is 0. The highest BCUT2D eigenvalue weighted by atomic mass is 16.1. The third-order valence-electron chi connectivity index (χ3n) is 3.12. The normalized spacial score (nSPS) is 10.6. The molecule has 0 aliphatic rings. The molecule has 2 rings (SSSR count). The summed E-state index contributed by atoms with van der Waals surface area (Å²) in [5, 5.41) is 2.45. The van der Waals surface area contributed by atoms with E-state index in [0.29, 0.717) is 0 Å². The lowest BCUT2D eigenvalue weighted by Crippen LogP contribution is -1.93. The minimum absolute atomic E-state index is 0.760. The largest absolute Gasteiger partial charge is 0.298 e. The van der Waals surface area contributed by atoms with Crippen molar-refractivity contribution in [2.24, 2.45) is 0 Å². The van der Waals surface area contributed by atoms with Gasteiger partial charge in [0, 0.05) is 5.56 Å². The highest BCUT2D eigenvalue weighted by molar-refractivity contribution is 5.91. The molecule has 0 aromatic heterocycles. The topological polar surface area (TPSA) is 17.1 Å². The Balaban J connectivity index is 2.77. The molecular weight excluding hydrogens is 196 g/mol. The molecule has 0 unspecified atom stereocenters. The number of carbonyl (C=O) groups excluding carboxylic acids is 1. The molecule has 0 bridgehead atoms. The minimum atomic E-state index is 0.760. The Labute approximate surface area is 96.1 Å². The van der Waals surface area contributed by atoms with E-state index in [1.807, 2.05) is 18.2 Å². The van der Waals surface area contributed by atoms with Crippen molar-refractivity contribution < 1.29 is 4.79 Å². The van der Waals surface area contributed by atoms with E-state index < -0.39 is 0 Å². The maximum Gasteiger partial charge on any atom is 0.150 e. The summed E-state index contributed by atoms with van der Waals surface area (Å²) in [5.74, 6) is 0. The van der Waals surface area contributed by atoms with Crippen molar-refractivity contribution >= 4 is 17.1 Å². The van der Waals surface area contributed by atoms with Crippen LogP contribution >= 0.6 is 0 Å². The molecule has 0 N–H and O–H groups in total. The number of rotatable bonds is 3. The molecule has 82 valence electrons. The monoisotopic (exact) mass is 212 g/mol. The van der Waals surface area contributed by atoms with Crippen LogP contribution in [0.4, 0.5) is 0 Å². The molecule has 0 saturated heterocycles. The van der Waals surface area contributed by atoms with Crippen molar-refractivity contribution in [1.29, 1.82) is 0 Å². The fourth-order valence-electron chi connectivity index (χ4n) is 2.27. The van der Waals surface area contributed by atoms with E-state index in [0.717, 1.165) is 24.7 Å². The summed E-state index contributed by atoms with van der Waals surface area (Å²) in [6.45, 7) is 4.34. The molecule has 0 spiro atoms. The average Bonchev–Trinajstić information content (AvgIpc) is 2.36. The maximum atomic E-state index is 10.8. The SMILES string of the molecule is CCc1ccc2ccc(C=O)cc2c1CC. The third-order valence-corrected chi connectivity index (χ3v) is 3.12. The smallest absolute Gasteiger partial charge is 0.150 e. The molecule has 1 nitrogen and oxygen atoms in total. The Morgan fingerprint density at radius 2 is 1.81 bits per heavy atom. The van der Waals surface area contributed by atoms with Crippen LogP contribution in [0.25, 0.3) is 10.8 Å². The van der Waals surface area contributed by atoms with Gasteiger partial charge in [-0.15, -0.1) is 0 Å². The molecule has 0 saturated carbocycles. The van der Waals surface area contributed by atoms with Crippen molar-refractivity contribution in [3.8, 4) is 0 Å². The van der Waals surface area contributed by atoms with Crippen molar-refractivity contribution in [2.45, 2.75) is 26.7 Å². The molecular formula is C15H16O. The van der Waals surface area contributed by atoms with Gasteiger partial charge in [0.05, 0.1) is 0 Å². The zero-order chi connectivity index (χ0) is 11.5. The van der Waals surface area contributed by atoms with E-state index in [9.17, 15) is 4.79 Å². The van der Waals surface area contributed by atoms with Crippen LogP contribution in [0.5, 0.6) is 0 Å². The summed E-state index contributed by atoms with van der Waals surface area (Å²) in [5.41, 5.74) is 3.53. The lowest BCUT2D eigenvalue weighted by molar-refractivity contribution is 0.112. The second kappa shape index (κ2) is 4.48. The minimum Gasteiger partial charge on any atom is -0.298 e. The summed E-state index contributed by atoms with van der Waals surface area (Å²) in [6, 6.07) is 10.2. The second-order valence-electron chi connectivity index (χ2n) is 4.01. The number of aryl methyl sites for hydroxylation is 2. The highest BCUT2D eigenvalue weighted by Gasteiger charge is 2.05. The second-order valence-corrected chi connectivity index (χ2v) is 4.01. The van der Waals surface area contributed by atoms with Crippen LogP contribution in [0.3, 0.4) is 0 Å². The fraction of sp³-hybridized carbons (Fsp3) is 0.267. The molecule has 0 fully saturated rings. The van der Waals surface area contributed by atoms with Crippen LogP contribution in [0.1, 0.15) is 35.3 Å². The van der Waals surface area contributed by atoms with E-state index >= 15 is 0 Å². The number of hydrogen-bond donors (Lipinski definition) is 0. The van der Waals surface area contributed by atoms with Crippen LogP contribution in [-0.4, -0.2) is 6.29 Å². The zero-order valence-electron chi connectivity index (χ0n) is 9.79. The summed E-state index contributed by atoms with van der Waals surface area (Å²) in [6.07, 6.45) is 2.98. The maximum absolute atomic E-state index is 10.8. The Morgan fingerprint density at radius 1 is 1.06 bits per heavy atom. The predicted molar refractivity (Wildman–Crippen MR) is 68.1 cm³/mol. The lowest BCUT2D eigenvalue weighted by atomic mass is 9.94. The molecule has 2 aromatic rings. The molecule has 0 aliphatic carbocycles. The third kappa shape index (κ3) is 1.73. The first-order valence-electron chi connectivity index (χ1n) is 5.79. The first-order chi connectivity index (χ1) is 7.80. The van der Waals surface area contributed by atoms with Crippen LogP contribution in [0, 0.1) is 0 Å². The van der Waals surface area contributed by atoms with Crippen molar-refractivity contribution in [1.82, 2.24) is 0 Å². The number of fused-ring (bicyclic) bond motifs is 1.